The smallest absolute Gasteiger partial charge is 0.251 e. The Balaban J connectivity index is 1.32. The maximum atomic E-state index is 12.1. The molecule has 0 bridgehead atoms. The van der Waals surface area contributed by atoms with E-state index >= 15 is 0 Å². The molecule has 25 heavy (non-hydrogen) atoms. The number of rotatable bonds is 8. The Bertz CT molecular complexity index is 575. The summed E-state index contributed by atoms with van der Waals surface area (Å²) < 4.78 is 5.86. The predicted molar refractivity (Wildman–Crippen MR) is 97.6 cm³/mol. The number of anilines is 1. The van der Waals surface area contributed by atoms with Gasteiger partial charge in [-0.15, -0.1) is 0 Å². The Morgan fingerprint density at radius 3 is 2.40 bits per heavy atom. The van der Waals surface area contributed by atoms with Crippen molar-refractivity contribution in [2.24, 2.45) is 5.92 Å². The van der Waals surface area contributed by atoms with Gasteiger partial charge in [-0.2, -0.15) is 0 Å². The molecule has 2 N–H and O–H groups in total. The van der Waals surface area contributed by atoms with E-state index in [1.165, 1.54) is 32.1 Å². The van der Waals surface area contributed by atoms with Gasteiger partial charge in [-0.05, 0) is 56.4 Å². The van der Waals surface area contributed by atoms with Gasteiger partial charge in [0.2, 0.25) is 5.91 Å². The van der Waals surface area contributed by atoms with Gasteiger partial charge in [-0.25, -0.2) is 0 Å². The molecule has 0 saturated heterocycles. The second kappa shape index (κ2) is 8.99. The molecule has 5 heteroatoms. The van der Waals surface area contributed by atoms with Crippen molar-refractivity contribution < 1.29 is 14.3 Å². The minimum absolute atomic E-state index is 0.0789. The molecule has 0 aromatic heterocycles. The summed E-state index contributed by atoms with van der Waals surface area (Å²) in [5.41, 5.74) is 1.35. The second-order valence-electron chi connectivity index (χ2n) is 7.08. The lowest BCUT2D eigenvalue weighted by Crippen LogP contribution is -2.26. The van der Waals surface area contributed by atoms with Crippen molar-refractivity contribution >= 4 is 17.5 Å². The van der Waals surface area contributed by atoms with Crippen LogP contribution < -0.4 is 10.6 Å². The first kappa shape index (κ1) is 17.9. The summed E-state index contributed by atoms with van der Waals surface area (Å²) in [7, 11) is 0. The molecule has 0 heterocycles. The van der Waals surface area contributed by atoms with Crippen molar-refractivity contribution in [3.8, 4) is 0 Å². The van der Waals surface area contributed by atoms with Crippen LogP contribution in [0.15, 0.2) is 24.3 Å². The van der Waals surface area contributed by atoms with Crippen LogP contribution in [0.25, 0.3) is 0 Å². The average molecular weight is 344 g/mol. The van der Waals surface area contributed by atoms with Gasteiger partial charge in [0.25, 0.3) is 5.91 Å². The number of carbonyl (C=O) groups excluding carboxylic acids is 2. The topological polar surface area (TPSA) is 67.4 Å². The Labute approximate surface area is 149 Å². The van der Waals surface area contributed by atoms with E-state index in [-0.39, 0.29) is 17.7 Å². The van der Waals surface area contributed by atoms with E-state index in [2.05, 4.69) is 10.6 Å². The fraction of sp³-hybridized carbons (Fsp3) is 0.600. The fourth-order valence-electron chi connectivity index (χ4n) is 3.15. The lowest BCUT2D eigenvalue weighted by atomic mass is 9.98. The minimum atomic E-state index is -0.0854. The van der Waals surface area contributed by atoms with Gasteiger partial charge >= 0.3 is 0 Å². The van der Waals surface area contributed by atoms with Gasteiger partial charge in [0.1, 0.15) is 0 Å². The third-order valence-electron chi connectivity index (χ3n) is 4.88. The number of carbonyl (C=O) groups is 2. The van der Waals surface area contributed by atoms with Gasteiger partial charge in [-0.1, -0.05) is 19.3 Å². The number of ether oxygens (including phenoxy) is 1. The van der Waals surface area contributed by atoms with Crippen molar-refractivity contribution in [3.63, 3.8) is 0 Å². The largest absolute Gasteiger partial charge is 0.378 e. The van der Waals surface area contributed by atoms with E-state index in [0.717, 1.165) is 24.9 Å². The molecule has 2 fully saturated rings. The molecule has 0 aliphatic heterocycles. The molecule has 0 spiro atoms. The molecule has 3 rings (SSSR count). The van der Waals surface area contributed by atoms with Crippen molar-refractivity contribution in [3.05, 3.63) is 29.8 Å². The molecular weight excluding hydrogens is 316 g/mol. The summed E-state index contributed by atoms with van der Waals surface area (Å²) in [5.74, 6) is 0.173. The van der Waals surface area contributed by atoms with Crippen LogP contribution in [0.1, 0.15) is 61.7 Å². The predicted octanol–water partition coefficient (Wildman–Crippen LogP) is 3.50. The first-order chi connectivity index (χ1) is 12.2. The highest BCUT2D eigenvalue weighted by atomic mass is 16.5. The van der Waals surface area contributed by atoms with Gasteiger partial charge in [0.15, 0.2) is 0 Å². The van der Waals surface area contributed by atoms with Crippen molar-refractivity contribution in [1.29, 1.82) is 0 Å². The molecular formula is C20H28N2O3. The van der Waals surface area contributed by atoms with Crippen LogP contribution in [-0.4, -0.2) is 31.1 Å². The van der Waals surface area contributed by atoms with Gasteiger partial charge in [-0.3, -0.25) is 9.59 Å². The molecule has 136 valence electrons. The first-order valence-electron chi connectivity index (χ1n) is 9.53. The molecule has 1 aromatic rings. The van der Waals surface area contributed by atoms with Crippen molar-refractivity contribution in [2.75, 3.05) is 18.5 Å². The molecule has 2 amide bonds. The highest BCUT2D eigenvalue weighted by Gasteiger charge is 2.29. The highest BCUT2D eigenvalue weighted by molar-refractivity contribution is 5.96. The molecule has 2 aliphatic rings. The molecule has 1 aromatic carbocycles. The molecule has 2 aliphatic carbocycles. The van der Waals surface area contributed by atoms with E-state index in [1.807, 2.05) is 0 Å². The number of nitrogens with one attached hydrogen (secondary N) is 2. The van der Waals surface area contributed by atoms with Crippen molar-refractivity contribution in [1.82, 2.24) is 5.32 Å². The summed E-state index contributed by atoms with van der Waals surface area (Å²) in [5, 5.41) is 5.79. The third-order valence-corrected chi connectivity index (χ3v) is 4.88. The summed E-state index contributed by atoms with van der Waals surface area (Å²) in [4.78, 5) is 23.8. The van der Waals surface area contributed by atoms with E-state index in [4.69, 9.17) is 4.74 Å². The zero-order chi connectivity index (χ0) is 17.5. The van der Waals surface area contributed by atoms with Gasteiger partial charge < -0.3 is 15.4 Å². The van der Waals surface area contributed by atoms with E-state index in [9.17, 15) is 9.59 Å². The number of hydrogen-bond acceptors (Lipinski definition) is 3. The number of amides is 2. The Morgan fingerprint density at radius 2 is 1.72 bits per heavy atom. The minimum Gasteiger partial charge on any atom is -0.378 e. The van der Waals surface area contributed by atoms with Gasteiger partial charge in [0, 0.05) is 30.3 Å². The second-order valence-corrected chi connectivity index (χ2v) is 7.08. The van der Waals surface area contributed by atoms with E-state index < -0.39 is 0 Å². The van der Waals surface area contributed by atoms with Crippen LogP contribution in [0.5, 0.6) is 0 Å². The lowest BCUT2D eigenvalue weighted by molar-refractivity contribution is -0.117. The third kappa shape index (κ3) is 5.85. The van der Waals surface area contributed by atoms with Crippen molar-refractivity contribution in [2.45, 2.75) is 57.5 Å². The number of hydrogen-bond donors (Lipinski definition) is 2. The van der Waals surface area contributed by atoms with Crippen LogP contribution in [0, 0.1) is 5.92 Å². The molecule has 0 radical (unpaired) electrons. The average Bonchev–Trinajstić information content (AvgIpc) is 3.48. The maximum Gasteiger partial charge on any atom is 0.251 e. The summed E-state index contributed by atoms with van der Waals surface area (Å²) >= 11 is 0. The van der Waals surface area contributed by atoms with Crippen LogP contribution in [0.4, 0.5) is 5.69 Å². The Morgan fingerprint density at radius 1 is 1.00 bits per heavy atom. The molecule has 2 saturated carbocycles. The Hall–Kier alpha value is -1.88. The van der Waals surface area contributed by atoms with E-state index in [1.54, 1.807) is 24.3 Å². The first-order valence-corrected chi connectivity index (χ1v) is 9.53. The standard InChI is InChI=1S/C20H28N2O3/c23-19(21-13-4-14-25-18-5-2-1-3-6-18)15-9-11-17(12-10-15)22-20(24)16-7-8-16/h9-12,16,18H,1-8,13-14H2,(H,21,23)(H,22,24). The fourth-order valence-corrected chi connectivity index (χ4v) is 3.15. The highest BCUT2D eigenvalue weighted by Crippen LogP contribution is 2.30. The van der Waals surface area contributed by atoms with Crippen LogP contribution in [0.2, 0.25) is 0 Å². The summed E-state index contributed by atoms with van der Waals surface area (Å²) in [6, 6.07) is 7.05. The lowest BCUT2D eigenvalue weighted by Gasteiger charge is -2.21. The quantitative estimate of drug-likeness (QED) is 0.709. The van der Waals surface area contributed by atoms with Crippen LogP contribution in [-0.2, 0) is 9.53 Å². The summed E-state index contributed by atoms with van der Waals surface area (Å²) in [6.45, 7) is 1.32. The molecule has 0 unspecified atom stereocenters. The zero-order valence-electron chi connectivity index (χ0n) is 14.8. The molecule has 0 atom stereocenters. The van der Waals surface area contributed by atoms with E-state index in [0.29, 0.717) is 24.8 Å². The monoisotopic (exact) mass is 344 g/mol. The zero-order valence-corrected chi connectivity index (χ0v) is 14.8. The Kier molecular flexibility index (Phi) is 6.45. The summed E-state index contributed by atoms with van der Waals surface area (Å²) in [6.07, 6.45) is 9.45. The van der Waals surface area contributed by atoms with Gasteiger partial charge in [0.05, 0.1) is 6.10 Å². The normalized spacial score (nSPS) is 17.9. The van der Waals surface area contributed by atoms with Crippen LogP contribution >= 0.6 is 0 Å². The molecule has 5 nitrogen and oxygen atoms in total. The maximum absolute atomic E-state index is 12.1. The SMILES string of the molecule is O=C(NCCCOC1CCCCC1)c1ccc(NC(=O)C2CC2)cc1. The van der Waals surface area contributed by atoms with Crippen LogP contribution in [0.3, 0.4) is 0 Å². The number of benzene rings is 1.